The molecule has 0 aromatic carbocycles. The van der Waals surface area contributed by atoms with E-state index in [1.54, 1.807) is 0 Å². The Balaban J connectivity index is 0.00000220. The number of hydrogen-bond acceptors (Lipinski definition) is 4. The summed E-state index contributed by atoms with van der Waals surface area (Å²) in [6, 6.07) is -0.125. The molecule has 4 N–H and O–H groups in total. The average molecular weight is 319 g/mol. The number of amides is 3. The Hall–Kier alpha value is -0.850. The molecule has 1 aliphatic heterocycles. The van der Waals surface area contributed by atoms with Crippen LogP contribution in [0.25, 0.3) is 0 Å². The molecule has 1 heterocycles. The fourth-order valence-corrected chi connectivity index (χ4v) is 3.39. The van der Waals surface area contributed by atoms with E-state index >= 15 is 0 Å². The number of carbonyl (C=O) groups excluding carboxylic acids is 2. The first-order chi connectivity index (χ1) is 9.60. The Kier molecular flexibility index (Phi) is 7.42. The normalized spacial score (nSPS) is 28.4. The molecular weight excluding hydrogens is 292 g/mol. The third kappa shape index (κ3) is 5.13. The molecule has 1 saturated carbocycles. The zero-order valence-electron chi connectivity index (χ0n) is 12.6. The van der Waals surface area contributed by atoms with Crippen LogP contribution < -0.4 is 16.4 Å². The SMILES string of the molecule is CCCNC(=O)NC(=O)CN1CC2CCCC(N)C2C1.Cl. The predicted octanol–water partition coefficient (Wildman–Crippen LogP) is 0.703. The van der Waals surface area contributed by atoms with Crippen molar-refractivity contribution in [2.24, 2.45) is 17.6 Å². The third-order valence-electron chi connectivity index (χ3n) is 4.39. The molecule has 0 radical (unpaired) electrons. The fraction of sp³-hybridized carbons (Fsp3) is 0.857. The van der Waals surface area contributed by atoms with Gasteiger partial charge in [0.1, 0.15) is 0 Å². The summed E-state index contributed by atoms with van der Waals surface area (Å²) in [6.45, 7) is 4.66. The Morgan fingerprint density at radius 1 is 1.29 bits per heavy atom. The van der Waals surface area contributed by atoms with Crippen LogP contribution in [0.3, 0.4) is 0 Å². The summed E-state index contributed by atoms with van der Waals surface area (Å²) < 4.78 is 0. The van der Waals surface area contributed by atoms with Crippen LogP contribution in [0, 0.1) is 11.8 Å². The molecule has 21 heavy (non-hydrogen) atoms. The van der Waals surface area contributed by atoms with E-state index < -0.39 is 6.03 Å². The molecule has 1 saturated heterocycles. The van der Waals surface area contributed by atoms with Crippen molar-refractivity contribution in [1.29, 1.82) is 0 Å². The number of carbonyl (C=O) groups is 2. The smallest absolute Gasteiger partial charge is 0.321 e. The highest BCUT2D eigenvalue weighted by Gasteiger charge is 2.39. The number of rotatable bonds is 4. The van der Waals surface area contributed by atoms with E-state index in [2.05, 4.69) is 15.5 Å². The lowest BCUT2D eigenvalue weighted by molar-refractivity contribution is -0.121. The summed E-state index contributed by atoms with van der Waals surface area (Å²) in [5, 5.41) is 5.01. The van der Waals surface area contributed by atoms with Gasteiger partial charge in [-0.2, -0.15) is 0 Å². The Morgan fingerprint density at radius 3 is 2.71 bits per heavy atom. The van der Waals surface area contributed by atoms with E-state index in [0.29, 0.717) is 24.9 Å². The van der Waals surface area contributed by atoms with Crippen LogP contribution in [-0.4, -0.2) is 49.1 Å². The summed E-state index contributed by atoms with van der Waals surface area (Å²) in [5.41, 5.74) is 6.16. The molecule has 3 atom stereocenters. The highest BCUT2D eigenvalue weighted by molar-refractivity contribution is 5.95. The topological polar surface area (TPSA) is 87.5 Å². The molecule has 2 rings (SSSR count). The van der Waals surface area contributed by atoms with Crippen LogP contribution in [0.1, 0.15) is 32.6 Å². The van der Waals surface area contributed by atoms with Gasteiger partial charge in [-0.15, -0.1) is 12.4 Å². The predicted molar refractivity (Wildman–Crippen MR) is 84.3 cm³/mol. The van der Waals surface area contributed by atoms with Gasteiger partial charge in [0, 0.05) is 25.7 Å². The molecule has 122 valence electrons. The van der Waals surface area contributed by atoms with E-state index in [1.165, 1.54) is 12.8 Å². The Bertz CT molecular complexity index is 367. The lowest BCUT2D eigenvalue weighted by Crippen LogP contribution is -2.44. The van der Waals surface area contributed by atoms with Gasteiger partial charge in [0.2, 0.25) is 5.91 Å². The maximum atomic E-state index is 11.8. The molecule has 7 heteroatoms. The highest BCUT2D eigenvalue weighted by atomic mass is 35.5. The van der Waals surface area contributed by atoms with Crippen LogP contribution in [0.5, 0.6) is 0 Å². The standard InChI is InChI=1S/C14H26N4O2.ClH/c1-2-6-16-14(20)17-13(19)9-18-7-10-4-3-5-12(15)11(10)8-18;/h10-12H,2-9,15H2,1H3,(H2,16,17,19,20);1H. The van der Waals surface area contributed by atoms with Crippen LogP contribution >= 0.6 is 12.4 Å². The minimum atomic E-state index is -0.398. The highest BCUT2D eigenvalue weighted by Crippen LogP contribution is 2.35. The van der Waals surface area contributed by atoms with E-state index in [0.717, 1.165) is 25.9 Å². The van der Waals surface area contributed by atoms with Crippen molar-refractivity contribution in [2.75, 3.05) is 26.2 Å². The van der Waals surface area contributed by atoms with Gasteiger partial charge in [-0.25, -0.2) is 4.79 Å². The molecule has 0 aromatic heterocycles. The average Bonchev–Trinajstić information content (AvgIpc) is 2.80. The summed E-state index contributed by atoms with van der Waals surface area (Å²) in [4.78, 5) is 25.4. The van der Waals surface area contributed by atoms with Crippen molar-refractivity contribution < 1.29 is 9.59 Å². The van der Waals surface area contributed by atoms with Crippen molar-refractivity contribution in [3.63, 3.8) is 0 Å². The number of halogens is 1. The lowest BCUT2D eigenvalue weighted by Gasteiger charge is -2.29. The molecule has 1 aliphatic carbocycles. The molecule has 3 amide bonds. The van der Waals surface area contributed by atoms with Gasteiger partial charge in [0.05, 0.1) is 6.54 Å². The van der Waals surface area contributed by atoms with Gasteiger partial charge >= 0.3 is 6.03 Å². The number of hydrogen-bond donors (Lipinski definition) is 3. The van der Waals surface area contributed by atoms with Gasteiger partial charge < -0.3 is 11.1 Å². The molecule has 3 unspecified atom stereocenters. The molecule has 0 aromatic rings. The summed E-state index contributed by atoms with van der Waals surface area (Å²) in [6.07, 6.45) is 4.37. The molecule has 0 bridgehead atoms. The van der Waals surface area contributed by atoms with Crippen molar-refractivity contribution in [3.05, 3.63) is 0 Å². The van der Waals surface area contributed by atoms with Gasteiger partial charge in [-0.05, 0) is 31.1 Å². The summed E-state index contributed by atoms with van der Waals surface area (Å²) in [7, 11) is 0. The number of nitrogens with one attached hydrogen (secondary N) is 2. The quantitative estimate of drug-likeness (QED) is 0.712. The van der Waals surface area contributed by atoms with Gasteiger partial charge in [-0.1, -0.05) is 13.3 Å². The second-order valence-corrected chi connectivity index (χ2v) is 6.02. The lowest BCUT2D eigenvalue weighted by atomic mass is 9.78. The second-order valence-electron chi connectivity index (χ2n) is 6.02. The van der Waals surface area contributed by atoms with Crippen LogP contribution in [0.15, 0.2) is 0 Å². The zero-order valence-corrected chi connectivity index (χ0v) is 13.5. The summed E-state index contributed by atoms with van der Waals surface area (Å²) in [5.74, 6) is 0.914. The maximum Gasteiger partial charge on any atom is 0.321 e. The maximum absolute atomic E-state index is 11.8. The largest absolute Gasteiger partial charge is 0.338 e. The minimum Gasteiger partial charge on any atom is -0.338 e. The van der Waals surface area contributed by atoms with E-state index in [9.17, 15) is 9.59 Å². The first-order valence-corrected chi connectivity index (χ1v) is 7.65. The first-order valence-electron chi connectivity index (χ1n) is 7.65. The van der Waals surface area contributed by atoms with Crippen molar-refractivity contribution >= 4 is 24.3 Å². The summed E-state index contributed by atoms with van der Waals surface area (Å²) >= 11 is 0. The van der Waals surface area contributed by atoms with Crippen LogP contribution in [-0.2, 0) is 4.79 Å². The molecular formula is C14H27ClN4O2. The number of nitrogens with zero attached hydrogens (tertiary/aromatic N) is 1. The Morgan fingerprint density at radius 2 is 2.05 bits per heavy atom. The van der Waals surface area contributed by atoms with Crippen molar-refractivity contribution in [1.82, 2.24) is 15.5 Å². The van der Waals surface area contributed by atoms with Crippen LogP contribution in [0.4, 0.5) is 4.79 Å². The first kappa shape index (κ1) is 18.2. The van der Waals surface area contributed by atoms with E-state index in [4.69, 9.17) is 5.73 Å². The van der Waals surface area contributed by atoms with Crippen molar-refractivity contribution in [2.45, 2.75) is 38.6 Å². The van der Waals surface area contributed by atoms with Gasteiger partial charge in [0.25, 0.3) is 0 Å². The van der Waals surface area contributed by atoms with E-state index in [1.807, 2.05) is 6.92 Å². The van der Waals surface area contributed by atoms with E-state index in [-0.39, 0.29) is 24.4 Å². The van der Waals surface area contributed by atoms with Gasteiger partial charge in [-0.3, -0.25) is 15.0 Å². The molecule has 2 fully saturated rings. The molecule has 0 spiro atoms. The Labute approximate surface area is 132 Å². The fourth-order valence-electron chi connectivity index (χ4n) is 3.39. The zero-order chi connectivity index (χ0) is 14.5. The second kappa shape index (κ2) is 8.56. The number of urea groups is 1. The molecule has 2 aliphatic rings. The van der Waals surface area contributed by atoms with Gasteiger partial charge in [0.15, 0.2) is 0 Å². The minimum absolute atomic E-state index is 0. The van der Waals surface area contributed by atoms with Crippen LogP contribution in [0.2, 0.25) is 0 Å². The van der Waals surface area contributed by atoms with Crippen molar-refractivity contribution in [3.8, 4) is 0 Å². The number of fused-ring (bicyclic) bond motifs is 1. The monoisotopic (exact) mass is 318 g/mol. The number of likely N-dealkylation sites (tertiary alicyclic amines) is 1. The molecule has 6 nitrogen and oxygen atoms in total. The number of imide groups is 1. The third-order valence-corrected chi connectivity index (χ3v) is 4.39. The number of nitrogens with two attached hydrogens (primary N) is 1.